The van der Waals surface area contributed by atoms with Gasteiger partial charge in [0.2, 0.25) is 5.91 Å². The molecule has 2 aromatic rings. The van der Waals surface area contributed by atoms with E-state index in [9.17, 15) is 26.7 Å². The number of hydrogen-bond donors (Lipinski definition) is 0. The first-order chi connectivity index (χ1) is 11.7. The lowest BCUT2D eigenvalue weighted by Gasteiger charge is -2.20. The zero-order valence-corrected chi connectivity index (χ0v) is 13.9. The molecule has 2 nitrogen and oxygen atoms in total. The lowest BCUT2D eigenvalue weighted by Crippen LogP contribution is -2.29. The van der Waals surface area contributed by atoms with E-state index in [0.29, 0.717) is 6.07 Å². The summed E-state index contributed by atoms with van der Waals surface area (Å²) in [5.74, 6) is -2.16. The highest BCUT2D eigenvalue weighted by atomic mass is 32.2. The number of rotatable bonds is 5. The number of halogens is 5. The maximum absolute atomic E-state index is 13.5. The summed E-state index contributed by atoms with van der Waals surface area (Å²) in [5, 5.41) is 0. The Labute approximate surface area is 145 Å². The first-order valence-electron chi connectivity index (χ1n) is 7.15. The molecule has 0 aliphatic carbocycles. The largest absolute Gasteiger partial charge is 0.416 e. The van der Waals surface area contributed by atoms with Gasteiger partial charge in [-0.3, -0.25) is 4.79 Å². The fraction of sp³-hybridized carbons (Fsp3) is 0.235. The highest BCUT2D eigenvalue weighted by Crippen LogP contribution is 2.32. The summed E-state index contributed by atoms with van der Waals surface area (Å²) in [5.41, 5.74) is -0.823. The average molecular weight is 375 g/mol. The van der Waals surface area contributed by atoms with Crippen molar-refractivity contribution in [3.05, 3.63) is 65.2 Å². The fourth-order valence-electron chi connectivity index (χ4n) is 2.12. The Bertz CT molecular complexity index is 763. The Balaban J connectivity index is 2.01. The highest BCUT2D eigenvalue weighted by molar-refractivity contribution is 8.00. The van der Waals surface area contributed by atoms with Crippen LogP contribution in [0.25, 0.3) is 0 Å². The Morgan fingerprint density at radius 2 is 1.80 bits per heavy atom. The molecule has 0 aliphatic heterocycles. The quantitative estimate of drug-likeness (QED) is 0.556. The minimum Gasteiger partial charge on any atom is -0.341 e. The third-order valence-electron chi connectivity index (χ3n) is 3.40. The van der Waals surface area contributed by atoms with Crippen molar-refractivity contribution in [2.75, 3.05) is 12.8 Å². The second-order valence-electron chi connectivity index (χ2n) is 5.27. The predicted molar refractivity (Wildman–Crippen MR) is 85.0 cm³/mol. The molecule has 0 aliphatic rings. The maximum Gasteiger partial charge on any atom is 0.416 e. The molecular weight excluding hydrogens is 361 g/mol. The average Bonchev–Trinajstić information content (AvgIpc) is 2.53. The number of carbonyl (C=O) groups excluding carboxylic acids is 1. The van der Waals surface area contributed by atoms with Crippen LogP contribution < -0.4 is 0 Å². The zero-order chi connectivity index (χ0) is 18.6. The van der Waals surface area contributed by atoms with E-state index in [2.05, 4.69) is 0 Å². The van der Waals surface area contributed by atoms with Crippen molar-refractivity contribution in [2.24, 2.45) is 0 Å². The van der Waals surface area contributed by atoms with E-state index in [1.165, 1.54) is 31.3 Å². The van der Waals surface area contributed by atoms with Crippen molar-refractivity contribution in [3.63, 3.8) is 0 Å². The zero-order valence-electron chi connectivity index (χ0n) is 13.1. The van der Waals surface area contributed by atoms with Gasteiger partial charge in [-0.05, 0) is 23.8 Å². The lowest BCUT2D eigenvalue weighted by molar-refractivity contribution is -0.139. The van der Waals surface area contributed by atoms with E-state index < -0.39 is 29.3 Å². The summed E-state index contributed by atoms with van der Waals surface area (Å²) in [4.78, 5) is 13.3. The van der Waals surface area contributed by atoms with Gasteiger partial charge in [0.25, 0.3) is 0 Å². The SMILES string of the molecule is CN(Cc1ccccc1C(F)(F)F)C(=O)CSc1ccc(F)cc1F. The van der Waals surface area contributed by atoms with E-state index in [1.807, 2.05) is 0 Å². The molecule has 0 saturated carbocycles. The summed E-state index contributed by atoms with van der Waals surface area (Å²) in [6.07, 6.45) is -4.51. The van der Waals surface area contributed by atoms with E-state index in [1.54, 1.807) is 0 Å². The number of carbonyl (C=O) groups is 1. The highest BCUT2D eigenvalue weighted by Gasteiger charge is 2.33. The van der Waals surface area contributed by atoms with Gasteiger partial charge in [-0.15, -0.1) is 11.8 Å². The van der Waals surface area contributed by atoms with Gasteiger partial charge in [-0.25, -0.2) is 8.78 Å². The fourth-order valence-corrected chi connectivity index (χ4v) is 2.98. The molecule has 25 heavy (non-hydrogen) atoms. The van der Waals surface area contributed by atoms with Crippen molar-refractivity contribution < 1.29 is 26.7 Å². The van der Waals surface area contributed by atoms with Crippen molar-refractivity contribution in [1.82, 2.24) is 4.90 Å². The third kappa shape index (κ3) is 5.19. The number of benzene rings is 2. The Morgan fingerprint density at radius 1 is 1.12 bits per heavy atom. The smallest absolute Gasteiger partial charge is 0.341 e. The van der Waals surface area contributed by atoms with E-state index in [-0.39, 0.29) is 22.8 Å². The Kier molecular flexibility index (Phi) is 6.05. The third-order valence-corrected chi connectivity index (χ3v) is 4.43. The summed E-state index contributed by atoms with van der Waals surface area (Å²) in [6.45, 7) is -0.221. The van der Waals surface area contributed by atoms with Crippen LogP contribution in [-0.4, -0.2) is 23.6 Å². The van der Waals surface area contributed by atoms with E-state index in [0.717, 1.165) is 28.8 Å². The van der Waals surface area contributed by atoms with Crippen molar-refractivity contribution in [3.8, 4) is 0 Å². The lowest BCUT2D eigenvalue weighted by atomic mass is 10.1. The molecule has 0 bridgehead atoms. The molecule has 134 valence electrons. The standard InChI is InChI=1S/C17H14F5NOS/c1-23(9-11-4-2-3-5-13(11)17(20,21)22)16(24)10-25-15-7-6-12(18)8-14(15)19/h2-8H,9-10H2,1H3. The van der Waals surface area contributed by atoms with Crippen LogP contribution >= 0.6 is 11.8 Å². The van der Waals surface area contributed by atoms with Crippen LogP contribution in [0.4, 0.5) is 22.0 Å². The van der Waals surface area contributed by atoms with Crippen LogP contribution in [0.5, 0.6) is 0 Å². The molecule has 0 spiro atoms. The van der Waals surface area contributed by atoms with Gasteiger partial charge in [0.15, 0.2) is 0 Å². The molecule has 2 aromatic carbocycles. The molecule has 0 atom stereocenters. The minimum absolute atomic E-state index is 0.0242. The second kappa shape index (κ2) is 7.86. The van der Waals surface area contributed by atoms with Crippen molar-refractivity contribution in [2.45, 2.75) is 17.6 Å². The predicted octanol–water partition coefficient (Wildman–Crippen LogP) is 4.73. The van der Waals surface area contributed by atoms with Crippen LogP contribution in [-0.2, 0) is 17.5 Å². The van der Waals surface area contributed by atoms with Crippen LogP contribution in [0.1, 0.15) is 11.1 Å². The first-order valence-corrected chi connectivity index (χ1v) is 8.14. The van der Waals surface area contributed by atoms with Gasteiger partial charge in [0.1, 0.15) is 11.6 Å². The van der Waals surface area contributed by atoms with Gasteiger partial charge in [-0.1, -0.05) is 18.2 Å². The van der Waals surface area contributed by atoms with Crippen LogP contribution in [0, 0.1) is 11.6 Å². The molecular formula is C17H14F5NOS. The summed E-state index contributed by atoms with van der Waals surface area (Å²) in [6, 6.07) is 7.99. The molecule has 1 amide bonds. The Hall–Kier alpha value is -2.09. The van der Waals surface area contributed by atoms with E-state index in [4.69, 9.17) is 0 Å². The van der Waals surface area contributed by atoms with Crippen molar-refractivity contribution >= 4 is 17.7 Å². The van der Waals surface area contributed by atoms with Gasteiger partial charge in [0, 0.05) is 24.6 Å². The Morgan fingerprint density at radius 3 is 2.44 bits per heavy atom. The maximum atomic E-state index is 13.5. The number of thioether (sulfide) groups is 1. The van der Waals surface area contributed by atoms with Gasteiger partial charge in [0.05, 0.1) is 11.3 Å². The monoisotopic (exact) mass is 375 g/mol. The number of alkyl halides is 3. The molecule has 0 radical (unpaired) electrons. The molecule has 0 unspecified atom stereocenters. The molecule has 8 heteroatoms. The normalized spacial score (nSPS) is 11.4. The molecule has 0 saturated heterocycles. The topological polar surface area (TPSA) is 20.3 Å². The van der Waals surface area contributed by atoms with E-state index >= 15 is 0 Å². The number of nitrogens with zero attached hydrogens (tertiary/aromatic N) is 1. The van der Waals surface area contributed by atoms with Crippen LogP contribution in [0.15, 0.2) is 47.4 Å². The number of amides is 1. The molecule has 0 N–H and O–H groups in total. The van der Waals surface area contributed by atoms with Crippen LogP contribution in [0.3, 0.4) is 0 Å². The van der Waals surface area contributed by atoms with Gasteiger partial charge in [-0.2, -0.15) is 13.2 Å². The number of hydrogen-bond acceptors (Lipinski definition) is 2. The van der Waals surface area contributed by atoms with Crippen molar-refractivity contribution in [1.29, 1.82) is 0 Å². The summed E-state index contributed by atoms with van der Waals surface area (Å²) in [7, 11) is 1.37. The molecule has 0 heterocycles. The minimum atomic E-state index is -4.51. The summed E-state index contributed by atoms with van der Waals surface area (Å²) < 4.78 is 65.3. The van der Waals surface area contributed by atoms with Gasteiger partial charge < -0.3 is 4.90 Å². The molecule has 0 fully saturated rings. The van der Waals surface area contributed by atoms with Crippen LogP contribution in [0.2, 0.25) is 0 Å². The molecule has 2 rings (SSSR count). The van der Waals surface area contributed by atoms with Gasteiger partial charge >= 0.3 is 6.18 Å². The first kappa shape index (κ1) is 19.2. The summed E-state index contributed by atoms with van der Waals surface area (Å²) >= 11 is 0.857. The second-order valence-corrected chi connectivity index (χ2v) is 6.29. The molecule has 0 aromatic heterocycles.